The highest BCUT2D eigenvalue weighted by Gasteiger charge is 2.57. The first kappa shape index (κ1) is 58.4. The Kier molecular flexibility index (Phi) is 21.1. The summed E-state index contributed by atoms with van der Waals surface area (Å²) < 4.78 is 52.9. The molecule has 10 unspecified atom stereocenters. The molecule has 5 fully saturated rings. The summed E-state index contributed by atoms with van der Waals surface area (Å²) in [6.07, 6.45) is -35.1. The predicted octanol–water partition coefficient (Wildman–Crippen LogP) is -11.2. The Morgan fingerprint density at radius 1 is 0.338 bits per heavy atom. The fourth-order valence-corrected chi connectivity index (χ4v) is 9.07. The van der Waals surface area contributed by atoms with Crippen molar-refractivity contribution in [1.29, 1.82) is 0 Å². The molecule has 17 N–H and O–H groups in total. The average molecular weight is 1030 g/mol. The topological polar surface area (TPSA) is 471 Å². The van der Waals surface area contributed by atoms with Gasteiger partial charge in [-0.25, -0.2) is 0 Å². The van der Waals surface area contributed by atoms with Crippen LogP contribution in [0.25, 0.3) is 0 Å². The van der Waals surface area contributed by atoms with Crippen LogP contribution in [0.1, 0.15) is 34.6 Å². The molecule has 25 atom stereocenters. The minimum Gasteiger partial charge on any atom is -0.394 e. The van der Waals surface area contributed by atoms with E-state index in [1.54, 1.807) is 0 Å². The molecular formula is C40H67N5O26. The summed E-state index contributed by atoms with van der Waals surface area (Å²) in [7, 11) is 0. The summed E-state index contributed by atoms with van der Waals surface area (Å²) in [4.78, 5) is 61.6. The molecule has 0 aliphatic carbocycles. The molecule has 5 rings (SSSR count). The van der Waals surface area contributed by atoms with Gasteiger partial charge in [0.05, 0.1) is 33.0 Å². The van der Waals surface area contributed by atoms with E-state index in [2.05, 4.69) is 26.6 Å². The second-order valence-electron chi connectivity index (χ2n) is 17.6. The first-order valence-electron chi connectivity index (χ1n) is 22.6. The lowest BCUT2D eigenvalue weighted by Gasteiger charge is -2.51. The third-order valence-electron chi connectivity index (χ3n) is 12.3. The number of rotatable bonds is 18. The number of hydrogen-bond acceptors (Lipinski definition) is 26. The summed E-state index contributed by atoms with van der Waals surface area (Å²) in [5.41, 5.74) is 0. The van der Waals surface area contributed by atoms with Crippen molar-refractivity contribution in [3.05, 3.63) is 0 Å². The van der Waals surface area contributed by atoms with E-state index in [4.69, 9.17) is 42.6 Å². The van der Waals surface area contributed by atoms with Crippen LogP contribution in [0.5, 0.6) is 0 Å². The van der Waals surface area contributed by atoms with Gasteiger partial charge in [0, 0.05) is 34.6 Å². The normalized spacial score (nSPS) is 43.9. The fourth-order valence-electron chi connectivity index (χ4n) is 9.07. The van der Waals surface area contributed by atoms with Crippen molar-refractivity contribution in [2.24, 2.45) is 0 Å². The zero-order valence-corrected chi connectivity index (χ0v) is 39.1. The van der Waals surface area contributed by atoms with Crippen LogP contribution in [0.2, 0.25) is 0 Å². The van der Waals surface area contributed by atoms with Crippen LogP contribution in [0.15, 0.2) is 0 Å². The summed E-state index contributed by atoms with van der Waals surface area (Å²) in [5.74, 6) is -3.78. The fraction of sp³-hybridized carbons (Fsp3) is 0.875. The lowest BCUT2D eigenvalue weighted by molar-refractivity contribution is -0.367. The Labute approximate surface area is 404 Å². The summed E-state index contributed by atoms with van der Waals surface area (Å²) >= 11 is 0. The van der Waals surface area contributed by atoms with Crippen LogP contribution in [-0.2, 0) is 66.6 Å². The standard InChI is InChI=1S/C40H67N5O26/c1-11(51)41-21-28(58)32(17(7-47)63-36(21)62)68-38-23(43-13(3)53)30(60)34(19(9-49)65-38)70-40-25(45-15(5)55)31(61)35(20(10-50)67-40)71-39-24(44-14(4)54)29(59)33(18(8-48)66-39)69-37-22(42-12(2)52)27(57)26(56)16(6-46)64-37/h16-40,46-50,56-62H,6-10H2,1-5H3,(H,41,51)(H,42,52)(H,43,53)(H,44,54)(H,45,55)/t16-,17+,18-,19+,20+,21+,22-,23+,24-,25+,26?,27+,28-,29+,30-,31-,32?,33?,34?,35?,36?,37?,38?,39?,40?/m1/s1. The van der Waals surface area contributed by atoms with E-state index in [9.17, 15) is 85.3 Å². The van der Waals surface area contributed by atoms with Gasteiger partial charge in [-0.3, -0.25) is 24.0 Å². The molecule has 0 aromatic rings. The van der Waals surface area contributed by atoms with Gasteiger partial charge in [-0.1, -0.05) is 0 Å². The number of aliphatic hydroxyl groups excluding tert-OH is 12. The molecule has 5 saturated heterocycles. The van der Waals surface area contributed by atoms with Gasteiger partial charge in [0.1, 0.15) is 122 Å². The van der Waals surface area contributed by atoms with Crippen LogP contribution in [0, 0.1) is 0 Å². The molecule has 31 heteroatoms. The number of nitrogens with one attached hydrogen (secondary N) is 5. The Balaban J connectivity index is 1.39. The van der Waals surface area contributed by atoms with Crippen molar-refractivity contribution in [2.75, 3.05) is 33.0 Å². The summed E-state index contributed by atoms with van der Waals surface area (Å²) in [6.45, 7) is 0.679. The van der Waals surface area contributed by atoms with E-state index in [1.807, 2.05) is 0 Å². The molecule has 0 spiro atoms. The quantitative estimate of drug-likeness (QED) is 0.0606. The molecule has 0 aromatic carbocycles. The highest BCUT2D eigenvalue weighted by Crippen LogP contribution is 2.36. The van der Waals surface area contributed by atoms with Crippen molar-refractivity contribution < 1.29 is 128 Å². The van der Waals surface area contributed by atoms with E-state index < -0.39 is 216 Å². The van der Waals surface area contributed by atoms with E-state index in [1.165, 1.54) is 0 Å². The minimum absolute atomic E-state index is 0.688. The summed E-state index contributed by atoms with van der Waals surface area (Å²) in [6, 6.07) is -8.07. The minimum atomic E-state index is -2.00. The van der Waals surface area contributed by atoms with Crippen LogP contribution >= 0.6 is 0 Å². The third-order valence-corrected chi connectivity index (χ3v) is 12.3. The Morgan fingerprint density at radius 2 is 0.563 bits per heavy atom. The van der Waals surface area contributed by atoms with E-state index in [0.29, 0.717) is 0 Å². The zero-order chi connectivity index (χ0) is 52.8. The maximum absolute atomic E-state index is 12.7. The number of aliphatic hydroxyl groups is 12. The van der Waals surface area contributed by atoms with Crippen molar-refractivity contribution in [3.63, 3.8) is 0 Å². The van der Waals surface area contributed by atoms with Crippen LogP contribution in [0.4, 0.5) is 0 Å². The molecule has 71 heavy (non-hydrogen) atoms. The van der Waals surface area contributed by atoms with Crippen LogP contribution in [-0.4, -0.2) is 277 Å². The van der Waals surface area contributed by atoms with Gasteiger partial charge in [0.15, 0.2) is 31.5 Å². The number of amides is 5. The van der Waals surface area contributed by atoms with Crippen LogP contribution < -0.4 is 26.6 Å². The second-order valence-corrected chi connectivity index (χ2v) is 17.6. The van der Waals surface area contributed by atoms with Gasteiger partial charge in [0.2, 0.25) is 29.5 Å². The first-order chi connectivity index (χ1) is 33.5. The smallest absolute Gasteiger partial charge is 0.217 e. The molecule has 0 saturated carbocycles. The van der Waals surface area contributed by atoms with Gasteiger partial charge < -0.3 is 130 Å². The van der Waals surface area contributed by atoms with Crippen LogP contribution in [0.3, 0.4) is 0 Å². The Morgan fingerprint density at radius 3 is 0.831 bits per heavy atom. The largest absolute Gasteiger partial charge is 0.394 e. The molecule has 31 nitrogen and oxygen atoms in total. The lowest BCUT2D eigenvalue weighted by atomic mass is 9.93. The van der Waals surface area contributed by atoms with Crippen molar-refractivity contribution in [1.82, 2.24) is 26.6 Å². The summed E-state index contributed by atoms with van der Waals surface area (Å²) in [5, 5.41) is 142. The van der Waals surface area contributed by atoms with Crippen molar-refractivity contribution >= 4 is 29.5 Å². The average Bonchev–Trinajstić information content (AvgIpc) is 3.30. The highest BCUT2D eigenvalue weighted by molar-refractivity contribution is 5.75. The lowest BCUT2D eigenvalue weighted by Crippen LogP contribution is -2.72. The molecular weight excluding hydrogens is 966 g/mol. The molecule has 5 aliphatic heterocycles. The Hall–Kier alpha value is -3.49. The molecule has 5 amide bonds. The maximum atomic E-state index is 12.7. The highest BCUT2D eigenvalue weighted by atomic mass is 16.8. The SMILES string of the molecule is CC(=O)N[C@@H]1C(O)O[C@@H](CO)C(OC2O[C@@H](CO)C(OC3O[C@@H](CO)C(OC4O[C@H](CO)C(OC5O[C@H](CO)C(O)[C@@H](O)[C@H]5NC(C)=O)[C@@H](O)[C@H]4NC(C)=O)[C@H](O)[C@@H]3NC(C)=O)[C@H](O)[C@@H]2NC(C)=O)[C@@H]1O. The maximum Gasteiger partial charge on any atom is 0.217 e. The molecule has 408 valence electrons. The monoisotopic (exact) mass is 1030 g/mol. The Bertz CT molecular complexity index is 1790. The van der Waals surface area contributed by atoms with Gasteiger partial charge in [-0.2, -0.15) is 0 Å². The number of hydrogen-bond donors (Lipinski definition) is 17. The van der Waals surface area contributed by atoms with Gasteiger partial charge in [-0.05, 0) is 0 Å². The van der Waals surface area contributed by atoms with Crippen molar-refractivity contribution in [3.8, 4) is 0 Å². The molecule has 0 bridgehead atoms. The first-order valence-corrected chi connectivity index (χ1v) is 22.6. The number of ether oxygens (including phenoxy) is 9. The number of carbonyl (C=O) groups excluding carboxylic acids is 5. The van der Waals surface area contributed by atoms with E-state index in [-0.39, 0.29) is 0 Å². The zero-order valence-electron chi connectivity index (χ0n) is 39.1. The second kappa shape index (κ2) is 25.6. The molecule has 5 heterocycles. The van der Waals surface area contributed by atoms with Gasteiger partial charge in [-0.15, -0.1) is 0 Å². The van der Waals surface area contributed by atoms with Gasteiger partial charge in [0.25, 0.3) is 0 Å². The molecule has 0 aromatic heterocycles. The third kappa shape index (κ3) is 13.6. The van der Waals surface area contributed by atoms with Gasteiger partial charge >= 0.3 is 0 Å². The molecule has 5 aliphatic rings. The predicted molar refractivity (Wildman–Crippen MR) is 225 cm³/mol. The van der Waals surface area contributed by atoms with E-state index >= 15 is 0 Å². The van der Waals surface area contributed by atoms with Crippen molar-refractivity contribution in [2.45, 2.75) is 188 Å². The number of carbonyl (C=O) groups is 5. The van der Waals surface area contributed by atoms with E-state index in [0.717, 1.165) is 34.6 Å². The molecule has 0 radical (unpaired) electrons.